The van der Waals surface area contributed by atoms with Gasteiger partial charge in [-0.2, -0.15) is 0 Å². The molecule has 2 N–H and O–H groups in total. The van der Waals surface area contributed by atoms with Gasteiger partial charge in [0.25, 0.3) is 5.91 Å². The van der Waals surface area contributed by atoms with E-state index in [1.807, 2.05) is 16.4 Å². The molecule has 1 aliphatic rings. The van der Waals surface area contributed by atoms with Crippen molar-refractivity contribution < 1.29 is 9.53 Å². The van der Waals surface area contributed by atoms with Crippen LogP contribution in [0.2, 0.25) is 5.02 Å². The highest BCUT2D eigenvalue weighted by atomic mass is 35.5. The predicted octanol–water partition coefficient (Wildman–Crippen LogP) is 2.13. The highest BCUT2D eigenvalue weighted by molar-refractivity contribution is 6.31. The van der Waals surface area contributed by atoms with Crippen LogP contribution >= 0.6 is 11.6 Å². The van der Waals surface area contributed by atoms with Crippen LogP contribution in [0.15, 0.2) is 12.3 Å². The molecule has 5 nitrogen and oxygen atoms in total. The zero-order valence-corrected chi connectivity index (χ0v) is 13.3. The van der Waals surface area contributed by atoms with Crippen LogP contribution in [0.3, 0.4) is 0 Å². The summed E-state index contributed by atoms with van der Waals surface area (Å²) in [6, 6.07) is 1.75. The van der Waals surface area contributed by atoms with Crippen LogP contribution in [0.25, 0.3) is 0 Å². The molecule has 21 heavy (non-hydrogen) atoms. The van der Waals surface area contributed by atoms with Gasteiger partial charge >= 0.3 is 0 Å². The lowest BCUT2D eigenvalue weighted by molar-refractivity contribution is 0.00817. The Morgan fingerprint density at radius 1 is 1.48 bits per heavy atom. The van der Waals surface area contributed by atoms with E-state index in [1.165, 1.54) is 0 Å². The van der Waals surface area contributed by atoms with E-state index in [1.54, 1.807) is 12.3 Å². The van der Waals surface area contributed by atoms with Gasteiger partial charge in [-0.15, -0.1) is 0 Å². The number of amides is 1. The molecule has 0 unspecified atom stereocenters. The van der Waals surface area contributed by atoms with Crippen LogP contribution < -0.4 is 5.73 Å². The Balaban J connectivity index is 1.88. The summed E-state index contributed by atoms with van der Waals surface area (Å²) in [6.45, 7) is 5.59. The lowest BCUT2D eigenvalue weighted by Gasteiger charge is -2.32. The molecule has 0 radical (unpaired) electrons. The minimum absolute atomic E-state index is 0.0594. The summed E-state index contributed by atoms with van der Waals surface area (Å²) >= 11 is 6.00. The molecule has 2 heterocycles. The van der Waals surface area contributed by atoms with Crippen LogP contribution in [0.5, 0.6) is 0 Å². The number of carbonyl (C=O) groups is 1. The van der Waals surface area contributed by atoms with E-state index < -0.39 is 0 Å². The van der Waals surface area contributed by atoms with Crippen LogP contribution in [0.1, 0.15) is 36.7 Å². The first-order valence-electron chi connectivity index (χ1n) is 7.62. The monoisotopic (exact) mass is 313 g/mol. The fourth-order valence-corrected chi connectivity index (χ4v) is 2.86. The van der Waals surface area contributed by atoms with Gasteiger partial charge in [-0.25, -0.2) is 0 Å². The standard InChI is InChI=1S/C15H24ClN3O2/c1-2-18-11-12(16)10-14(18)15(20)19-7-4-13(5-8-19)21-9-3-6-17/h10-11,13H,2-9,17H2,1H3. The smallest absolute Gasteiger partial charge is 0.270 e. The first-order valence-corrected chi connectivity index (χ1v) is 8.00. The van der Waals surface area contributed by atoms with Crippen molar-refractivity contribution in [3.05, 3.63) is 23.0 Å². The lowest BCUT2D eigenvalue weighted by Crippen LogP contribution is -2.41. The van der Waals surface area contributed by atoms with Crippen molar-refractivity contribution in [3.63, 3.8) is 0 Å². The summed E-state index contributed by atoms with van der Waals surface area (Å²) in [5.41, 5.74) is 6.12. The molecule has 118 valence electrons. The number of nitrogens with two attached hydrogens (primary N) is 1. The number of nitrogens with zero attached hydrogens (tertiary/aromatic N) is 2. The Bertz CT molecular complexity index is 467. The van der Waals surface area contributed by atoms with Gasteiger partial charge in [0, 0.05) is 32.4 Å². The van der Waals surface area contributed by atoms with Crippen molar-refractivity contribution in [3.8, 4) is 0 Å². The molecule has 0 aromatic carbocycles. The minimum Gasteiger partial charge on any atom is -0.378 e. The summed E-state index contributed by atoms with van der Waals surface area (Å²) in [6.07, 6.45) is 4.72. The largest absolute Gasteiger partial charge is 0.378 e. The molecule has 1 aromatic heterocycles. The third-order valence-corrected chi connectivity index (χ3v) is 4.06. The second kappa shape index (κ2) is 7.82. The quantitative estimate of drug-likeness (QED) is 0.818. The van der Waals surface area contributed by atoms with Gasteiger partial charge in [0.2, 0.25) is 0 Å². The summed E-state index contributed by atoms with van der Waals surface area (Å²) in [4.78, 5) is 14.4. The first-order chi connectivity index (χ1) is 10.2. The van der Waals surface area contributed by atoms with Crippen molar-refractivity contribution in [2.45, 2.75) is 38.8 Å². The van der Waals surface area contributed by atoms with Crippen molar-refractivity contribution in [1.29, 1.82) is 0 Å². The molecular weight excluding hydrogens is 290 g/mol. The van der Waals surface area contributed by atoms with Gasteiger partial charge in [0.15, 0.2) is 0 Å². The number of ether oxygens (including phenoxy) is 1. The van der Waals surface area contributed by atoms with Crippen molar-refractivity contribution >= 4 is 17.5 Å². The average Bonchev–Trinajstić information content (AvgIpc) is 2.88. The molecular formula is C15H24ClN3O2. The Kier molecular flexibility index (Phi) is 6.08. The first kappa shape index (κ1) is 16.3. The number of carbonyl (C=O) groups excluding carboxylic acids is 1. The molecule has 1 saturated heterocycles. The molecule has 2 rings (SSSR count). The Hall–Kier alpha value is -1.04. The molecule has 0 spiro atoms. The zero-order valence-electron chi connectivity index (χ0n) is 12.6. The summed E-state index contributed by atoms with van der Waals surface area (Å²) in [7, 11) is 0. The lowest BCUT2D eigenvalue weighted by atomic mass is 10.1. The van der Waals surface area contributed by atoms with Gasteiger partial charge in [-0.1, -0.05) is 11.6 Å². The third kappa shape index (κ3) is 4.22. The van der Waals surface area contributed by atoms with Gasteiger partial charge in [-0.3, -0.25) is 4.79 Å². The van der Waals surface area contributed by atoms with E-state index in [0.717, 1.165) is 38.9 Å². The van der Waals surface area contributed by atoms with Gasteiger partial charge in [0.1, 0.15) is 5.69 Å². The summed E-state index contributed by atoms with van der Waals surface area (Å²) in [5, 5.41) is 0.611. The van der Waals surface area contributed by atoms with Gasteiger partial charge < -0.3 is 19.9 Å². The number of likely N-dealkylation sites (tertiary alicyclic amines) is 1. The molecule has 0 bridgehead atoms. The number of halogens is 1. The fourth-order valence-electron chi connectivity index (χ4n) is 2.64. The molecule has 6 heteroatoms. The normalized spacial score (nSPS) is 16.4. The molecule has 1 aromatic rings. The molecule has 0 atom stereocenters. The van der Waals surface area contributed by atoms with E-state index in [-0.39, 0.29) is 12.0 Å². The number of rotatable bonds is 6. The third-order valence-electron chi connectivity index (χ3n) is 3.85. The maximum Gasteiger partial charge on any atom is 0.270 e. The van der Waals surface area contributed by atoms with Gasteiger partial charge in [-0.05, 0) is 38.8 Å². The number of aryl methyl sites for hydroxylation is 1. The maximum atomic E-state index is 12.5. The Morgan fingerprint density at radius 3 is 2.81 bits per heavy atom. The topological polar surface area (TPSA) is 60.5 Å². The number of hydrogen-bond donors (Lipinski definition) is 1. The molecule has 1 aliphatic heterocycles. The van der Waals surface area contributed by atoms with Gasteiger partial charge in [0.05, 0.1) is 11.1 Å². The van der Waals surface area contributed by atoms with E-state index in [4.69, 9.17) is 22.1 Å². The Labute approximate surface area is 131 Å². The molecule has 0 aliphatic carbocycles. The zero-order chi connectivity index (χ0) is 15.2. The molecule has 1 amide bonds. The second-order valence-electron chi connectivity index (χ2n) is 5.33. The number of hydrogen-bond acceptors (Lipinski definition) is 3. The van der Waals surface area contributed by atoms with Crippen LogP contribution in [0, 0.1) is 0 Å². The molecule has 1 fully saturated rings. The number of aromatic nitrogens is 1. The fraction of sp³-hybridized carbons (Fsp3) is 0.667. The SMILES string of the molecule is CCn1cc(Cl)cc1C(=O)N1CCC(OCCCN)CC1. The second-order valence-corrected chi connectivity index (χ2v) is 5.77. The maximum absolute atomic E-state index is 12.5. The van der Waals surface area contributed by atoms with Crippen molar-refractivity contribution in [2.75, 3.05) is 26.2 Å². The Morgan fingerprint density at radius 2 is 2.19 bits per heavy atom. The van der Waals surface area contributed by atoms with Crippen LogP contribution in [0.4, 0.5) is 0 Å². The van der Waals surface area contributed by atoms with E-state index in [9.17, 15) is 4.79 Å². The summed E-state index contributed by atoms with van der Waals surface area (Å²) < 4.78 is 7.66. The van der Waals surface area contributed by atoms with E-state index >= 15 is 0 Å². The van der Waals surface area contributed by atoms with Crippen LogP contribution in [-0.2, 0) is 11.3 Å². The predicted molar refractivity (Wildman–Crippen MR) is 83.7 cm³/mol. The van der Waals surface area contributed by atoms with Crippen molar-refractivity contribution in [1.82, 2.24) is 9.47 Å². The minimum atomic E-state index is 0.0594. The molecule has 0 saturated carbocycles. The van der Waals surface area contributed by atoms with E-state index in [2.05, 4.69) is 0 Å². The van der Waals surface area contributed by atoms with E-state index in [0.29, 0.717) is 23.9 Å². The highest BCUT2D eigenvalue weighted by Crippen LogP contribution is 2.20. The highest BCUT2D eigenvalue weighted by Gasteiger charge is 2.25. The van der Waals surface area contributed by atoms with Crippen molar-refractivity contribution in [2.24, 2.45) is 5.73 Å². The average molecular weight is 314 g/mol. The van der Waals surface area contributed by atoms with Crippen LogP contribution in [-0.4, -0.2) is 47.7 Å². The summed E-state index contributed by atoms with van der Waals surface area (Å²) in [5.74, 6) is 0.0594. The number of piperidine rings is 1.